The van der Waals surface area contributed by atoms with Gasteiger partial charge in [0.1, 0.15) is 22.2 Å². The van der Waals surface area contributed by atoms with Gasteiger partial charge < -0.3 is 10.1 Å². The van der Waals surface area contributed by atoms with Gasteiger partial charge in [-0.1, -0.05) is 18.2 Å². The van der Waals surface area contributed by atoms with Gasteiger partial charge in [-0.05, 0) is 61.7 Å². The summed E-state index contributed by atoms with van der Waals surface area (Å²) in [5.74, 6) is 2.45. The molecular formula is C22H21N3OS. The van der Waals surface area contributed by atoms with Crippen LogP contribution in [0.2, 0.25) is 0 Å². The topological polar surface area (TPSA) is 47.0 Å². The van der Waals surface area contributed by atoms with E-state index >= 15 is 0 Å². The van der Waals surface area contributed by atoms with Gasteiger partial charge in [-0.25, -0.2) is 9.97 Å². The minimum Gasteiger partial charge on any atom is -0.497 e. The molecule has 0 amide bonds. The van der Waals surface area contributed by atoms with Crippen LogP contribution in [-0.4, -0.2) is 17.1 Å². The summed E-state index contributed by atoms with van der Waals surface area (Å²) in [5, 5.41) is 6.72. The lowest BCUT2D eigenvalue weighted by Gasteiger charge is -2.11. The number of rotatable bonds is 4. The lowest BCUT2D eigenvalue weighted by atomic mass is 10.1. The molecule has 0 bridgehead atoms. The molecule has 1 N–H and O–H groups in total. The Morgan fingerprint density at radius 1 is 0.926 bits per heavy atom. The molecule has 0 saturated heterocycles. The fourth-order valence-electron chi connectivity index (χ4n) is 3.31. The minimum absolute atomic E-state index is 0.762. The predicted molar refractivity (Wildman–Crippen MR) is 113 cm³/mol. The first-order valence-corrected chi connectivity index (χ1v) is 9.67. The maximum Gasteiger partial charge on any atom is 0.143 e. The smallest absolute Gasteiger partial charge is 0.143 e. The number of aryl methyl sites for hydroxylation is 3. The molecule has 4 rings (SSSR count). The molecule has 0 saturated carbocycles. The van der Waals surface area contributed by atoms with Gasteiger partial charge in [0, 0.05) is 16.6 Å². The highest BCUT2D eigenvalue weighted by Gasteiger charge is 2.15. The van der Waals surface area contributed by atoms with Crippen molar-refractivity contribution in [1.82, 2.24) is 9.97 Å². The Kier molecular flexibility index (Phi) is 4.54. The average molecular weight is 375 g/mol. The van der Waals surface area contributed by atoms with Gasteiger partial charge in [0.2, 0.25) is 0 Å². The predicted octanol–water partition coefficient (Wildman–Crippen LogP) is 6.04. The summed E-state index contributed by atoms with van der Waals surface area (Å²) in [6.07, 6.45) is 0. The van der Waals surface area contributed by atoms with Gasteiger partial charge in [0.15, 0.2) is 0 Å². The lowest BCUT2D eigenvalue weighted by Crippen LogP contribution is -1.99. The van der Waals surface area contributed by atoms with Gasteiger partial charge in [-0.3, -0.25) is 0 Å². The van der Waals surface area contributed by atoms with Crippen LogP contribution in [0.25, 0.3) is 21.3 Å². The van der Waals surface area contributed by atoms with Crippen LogP contribution < -0.4 is 10.1 Å². The van der Waals surface area contributed by atoms with Crippen molar-refractivity contribution in [2.24, 2.45) is 0 Å². The van der Waals surface area contributed by atoms with Crippen LogP contribution in [0.1, 0.15) is 17.0 Å². The van der Waals surface area contributed by atoms with Crippen molar-refractivity contribution in [3.8, 4) is 16.9 Å². The number of benzene rings is 2. The fourth-order valence-corrected chi connectivity index (χ4v) is 4.30. The van der Waals surface area contributed by atoms with E-state index in [2.05, 4.69) is 59.9 Å². The first kappa shape index (κ1) is 17.5. The van der Waals surface area contributed by atoms with Crippen LogP contribution >= 0.6 is 11.3 Å². The molecule has 2 heterocycles. The van der Waals surface area contributed by atoms with Crippen LogP contribution in [-0.2, 0) is 0 Å². The summed E-state index contributed by atoms with van der Waals surface area (Å²) in [6, 6.07) is 14.5. The van der Waals surface area contributed by atoms with E-state index in [0.717, 1.165) is 44.4 Å². The second-order valence-corrected chi connectivity index (χ2v) is 7.54. The number of ether oxygens (including phenoxy) is 1. The van der Waals surface area contributed by atoms with Gasteiger partial charge in [0.25, 0.3) is 0 Å². The standard InChI is InChI=1S/C22H21N3OS/c1-13-9-14(2)11-17(10-13)25-21-20-19(12-27-22(20)24-15(3)23-21)16-5-7-18(26-4)8-6-16/h5-12H,1-4H3,(H,23,24,25). The third-order valence-corrected chi connectivity index (χ3v) is 5.30. The Morgan fingerprint density at radius 2 is 1.63 bits per heavy atom. The summed E-state index contributed by atoms with van der Waals surface area (Å²) in [7, 11) is 1.68. The zero-order valence-electron chi connectivity index (χ0n) is 15.8. The average Bonchev–Trinajstić information content (AvgIpc) is 3.05. The van der Waals surface area contributed by atoms with E-state index in [1.807, 2.05) is 19.1 Å². The molecule has 4 nitrogen and oxygen atoms in total. The highest BCUT2D eigenvalue weighted by atomic mass is 32.1. The summed E-state index contributed by atoms with van der Waals surface area (Å²) in [5.41, 5.74) is 5.74. The van der Waals surface area contributed by atoms with Crippen molar-refractivity contribution in [1.29, 1.82) is 0 Å². The summed E-state index contributed by atoms with van der Waals surface area (Å²) >= 11 is 1.64. The summed E-state index contributed by atoms with van der Waals surface area (Å²) < 4.78 is 5.28. The first-order chi connectivity index (χ1) is 13.0. The van der Waals surface area contributed by atoms with Crippen LogP contribution in [0.3, 0.4) is 0 Å². The number of hydrogen-bond acceptors (Lipinski definition) is 5. The van der Waals surface area contributed by atoms with Gasteiger partial charge in [-0.2, -0.15) is 0 Å². The number of thiophene rings is 1. The Hall–Kier alpha value is -2.92. The molecule has 0 aliphatic heterocycles. The van der Waals surface area contributed by atoms with Gasteiger partial charge in [-0.15, -0.1) is 11.3 Å². The quantitative estimate of drug-likeness (QED) is 0.473. The SMILES string of the molecule is COc1ccc(-c2csc3nc(C)nc(Nc4cc(C)cc(C)c4)c23)cc1. The number of methoxy groups -OCH3 is 1. The Balaban J connectivity index is 1.85. The van der Waals surface area contributed by atoms with Crippen molar-refractivity contribution in [2.45, 2.75) is 20.8 Å². The molecule has 27 heavy (non-hydrogen) atoms. The zero-order chi connectivity index (χ0) is 19.0. The van der Waals surface area contributed by atoms with Gasteiger partial charge >= 0.3 is 0 Å². The minimum atomic E-state index is 0.762. The largest absolute Gasteiger partial charge is 0.497 e. The molecule has 0 radical (unpaired) electrons. The molecule has 0 atom stereocenters. The number of aromatic nitrogens is 2. The van der Waals surface area contributed by atoms with Crippen molar-refractivity contribution in [3.05, 3.63) is 64.8 Å². The number of hydrogen-bond donors (Lipinski definition) is 1. The van der Waals surface area contributed by atoms with E-state index in [4.69, 9.17) is 9.72 Å². The molecular weight excluding hydrogens is 354 g/mol. The summed E-state index contributed by atoms with van der Waals surface area (Å²) in [6.45, 7) is 6.14. The van der Waals surface area contributed by atoms with Crippen LogP contribution in [0.15, 0.2) is 47.8 Å². The molecule has 0 aliphatic rings. The Morgan fingerprint density at radius 3 is 2.30 bits per heavy atom. The molecule has 0 spiro atoms. The fraction of sp³-hybridized carbons (Fsp3) is 0.182. The number of nitrogens with zero attached hydrogens (tertiary/aromatic N) is 2. The van der Waals surface area contributed by atoms with Gasteiger partial charge in [0.05, 0.1) is 12.5 Å². The number of nitrogens with one attached hydrogen (secondary N) is 1. The monoisotopic (exact) mass is 375 g/mol. The first-order valence-electron chi connectivity index (χ1n) is 8.79. The number of anilines is 2. The molecule has 0 fully saturated rings. The van der Waals surface area contributed by atoms with E-state index in [9.17, 15) is 0 Å². The maximum atomic E-state index is 5.28. The van der Waals surface area contributed by atoms with E-state index in [0.29, 0.717) is 0 Å². The van der Waals surface area contributed by atoms with Crippen molar-refractivity contribution in [2.75, 3.05) is 12.4 Å². The van der Waals surface area contributed by atoms with E-state index in [1.54, 1.807) is 18.4 Å². The molecule has 0 unspecified atom stereocenters. The molecule has 4 aromatic rings. The summed E-state index contributed by atoms with van der Waals surface area (Å²) in [4.78, 5) is 10.3. The maximum absolute atomic E-state index is 5.28. The second kappa shape index (κ2) is 7.00. The van der Waals surface area contributed by atoms with Crippen LogP contribution in [0.4, 0.5) is 11.5 Å². The van der Waals surface area contributed by atoms with Crippen LogP contribution in [0, 0.1) is 20.8 Å². The molecule has 0 aliphatic carbocycles. The third-order valence-electron chi connectivity index (χ3n) is 4.43. The molecule has 2 aromatic carbocycles. The number of fused-ring (bicyclic) bond motifs is 1. The molecule has 136 valence electrons. The van der Waals surface area contributed by atoms with Crippen molar-refractivity contribution < 1.29 is 4.74 Å². The molecule has 2 aromatic heterocycles. The third kappa shape index (κ3) is 3.51. The lowest BCUT2D eigenvalue weighted by molar-refractivity contribution is 0.415. The highest BCUT2D eigenvalue weighted by molar-refractivity contribution is 7.17. The van der Waals surface area contributed by atoms with E-state index in [-0.39, 0.29) is 0 Å². The Bertz CT molecular complexity index is 1100. The van der Waals surface area contributed by atoms with Crippen LogP contribution in [0.5, 0.6) is 5.75 Å². The van der Waals surface area contributed by atoms with Crippen molar-refractivity contribution >= 4 is 33.1 Å². The molecule has 5 heteroatoms. The second-order valence-electron chi connectivity index (χ2n) is 6.68. The normalized spacial score (nSPS) is 11.0. The van der Waals surface area contributed by atoms with Crippen molar-refractivity contribution in [3.63, 3.8) is 0 Å². The van der Waals surface area contributed by atoms with E-state index in [1.165, 1.54) is 11.1 Å². The Labute approximate surface area is 162 Å². The highest BCUT2D eigenvalue weighted by Crippen LogP contribution is 2.38. The zero-order valence-corrected chi connectivity index (χ0v) is 16.6. The van der Waals surface area contributed by atoms with E-state index < -0.39 is 0 Å².